The van der Waals surface area contributed by atoms with Crippen LogP contribution in [0.3, 0.4) is 0 Å². The Morgan fingerprint density at radius 2 is 1.90 bits per heavy atom. The van der Waals surface area contributed by atoms with Gasteiger partial charge in [0.25, 0.3) is 0 Å². The lowest BCUT2D eigenvalue weighted by Crippen LogP contribution is -2.40. The Bertz CT molecular complexity index is 800. The van der Waals surface area contributed by atoms with Gasteiger partial charge in [-0.3, -0.25) is 4.79 Å². The standard InChI is InChI=1S/C25H32ClNO3/c1-2-3-6-23(28)17-27-14-12-19(13-15-27)18-30-24-7-4-5-21(16-24)25(29)20-8-10-22(26)11-9-20/h4-5,7-11,16,19,23,28H,2-3,6,12-15,17-18H2,1H3/t23-/m0/s1. The van der Waals surface area contributed by atoms with Crippen molar-refractivity contribution < 1.29 is 14.6 Å². The Labute approximate surface area is 184 Å². The second-order valence-corrected chi connectivity index (χ2v) is 8.65. The van der Waals surface area contributed by atoms with Gasteiger partial charge in [-0.25, -0.2) is 0 Å². The Kier molecular flexibility index (Phi) is 8.74. The molecule has 0 bridgehead atoms. The van der Waals surface area contributed by atoms with Crippen molar-refractivity contribution in [3.63, 3.8) is 0 Å². The minimum absolute atomic E-state index is 0.0351. The highest BCUT2D eigenvalue weighted by molar-refractivity contribution is 6.30. The topological polar surface area (TPSA) is 49.8 Å². The van der Waals surface area contributed by atoms with Crippen LogP contribution >= 0.6 is 11.6 Å². The first-order chi connectivity index (χ1) is 14.5. The van der Waals surface area contributed by atoms with Crippen molar-refractivity contribution in [2.24, 2.45) is 5.92 Å². The molecule has 1 fully saturated rings. The van der Waals surface area contributed by atoms with E-state index in [9.17, 15) is 9.90 Å². The number of rotatable bonds is 10. The molecular weight excluding hydrogens is 398 g/mol. The molecule has 1 N–H and O–H groups in total. The molecule has 1 aliphatic rings. The molecule has 2 aromatic carbocycles. The lowest BCUT2D eigenvalue weighted by atomic mass is 9.97. The normalized spacial score (nSPS) is 16.4. The molecule has 0 amide bonds. The van der Waals surface area contributed by atoms with Crippen molar-refractivity contribution in [1.82, 2.24) is 4.90 Å². The van der Waals surface area contributed by atoms with Crippen LogP contribution in [0.15, 0.2) is 48.5 Å². The van der Waals surface area contributed by atoms with Crippen LogP contribution in [-0.4, -0.2) is 48.1 Å². The average Bonchev–Trinajstić information content (AvgIpc) is 2.77. The molecule has 30 heavy (non-hydrogen) atoms. The number of hydrogen-bond acceptors (Lipinski definition) is 4. The highest BCUT2D eigenvalue weighted by Crippen LogP contribution is 2.22. The van der Waals surface area contributed by atoms with Crippen LogP contribution in [0.1, 0.15) is 54.9 Å². The number of hydrogen-bond donors (Lipinski definition) is 1. The third-order valence-electron chi connectivity index (χ3n) is 5.76. The van der Waals surface area contributed by atoms with E-state index in [-0.39, 0.29) is 11.9 Å². The molecule has 0 aromatic heterocycles. The van der Waals surface area contributed by atoms with Crippen LogP contribution in [0.4, 0.5) is 0 Å². The Morgan fingerprint density at radius 1 is 1.17 bits per heavy atom. The minimum Gasteiger partial charge on any atom is -0.493 e. The van der Waals surface area contributed by atoms with Crippen LogP contribution in [0.2, 0.25) is 5.02 Å². The van der Waals surface area contributed by atoms with Gasteiger partial charge < -0.3 is 14.7 Å². The lowest BCUT2D eigenvalue weighted by Gasteiger charge is -2.33. The number of benzene rings is 2. The van der Waals surface area contributed by atoms with E-state index in [4.69, 9.17) is 16.3 Å². The first-order valence-electron chi connectivity index (χ1n) is 11.0. The number of aliphatic hydroxyl groups is 1. The first kappa shape index (κ1) is 22.8. The molecule has 0 spiro atoms. The molecule has 162 valence electrons. The van der Waals surface area contributed by atoms with Gasteiger partial charge in [0.2, 0.25) is 0 Å². The van der Waals surface area contributed by atoms with Gasteiger partial charge in [0.15, 0.2) is 5.78 Å². The van der Waals surface area contributed by atoms with Gasteiger partial charge in [-0.2, -0.15) is 0 Å². The number of β-amino-alcohol motifs (C(OH)–C–C–N with tert-alkyl or cyclic N) is 1. The molecule has 0 aliphatic carbocycles. The van der Waals surface area contributed by atoms with Gasteiger partial charge >= 0.3 is 0 Å². The zero-order valence-electron chi connectivity index (χ0n) is 17.7. The lowest BCUT2D eigenvalue weighted by molar-refractivity contribution is 0.0738. The van der Waals surface area contributed by atoms with Gasteiger partial charge in [-0.05, 0) is 74.7 Å². The van der Waals surface area contributed by atoms with E-state index in [2.05, 4.69) is 11.8 Å². The van der Waals surface area contributed by atoms with Crippen molar-refractivity contribution >= 4 is 17.4 Å². The van der Waals surface area contributed by atoms with Crippen LogP contribution in [0.5, 0.6) is 5.75 Å². The first-order valence-corrected chi connectivity index (χ1v) is 11.4. The van der Waals surface area contributed by atoms with Gasteiger partial charge in [-0.15, -0.1) is 0 Å². The van der Waals surface area contributed by atoms with E-state index in [0.29, 0.717) is 28.7 Å². The third-order valence-corrected chi connectivity index (χ3v) is 6.01. The summed E-state index contributed by atoms with van der Waals surface area (Å²) in [7, 11) is 0. The summed E-state index contributed by atoms with van der Waals surface area (Å²) in [6.07, 6.45) is 5.05. The van der Waals surface area contributed by atoms with E-state index in [1.165, 1.54) is 0 Å². The quantitative estimate of drug-likeness (QED) is 0.526. The molecule has 1 atom stereocenters. The Balaban J connectivity index is 1.46. The number of carbonyl (C=O) groups excluding carboxylic acids is 1. The number of ether oxygens (including phenoxy) is 1. The summed E-state index contributed by atoms with van der Waals surface area (Å²) >= 11 is 5.91. The number of aliphatic hydroxyl groups excluding tert-OH is 1. The second-order valence-electron chi connectivity index (χ2n) is 8.21. The van der Waals surface area contributed by atoms with E-state index in [1.807, 2.05) is 24.3 Å². The number of carbonyl (C=O) groups is 1. The highest BCUT2D eigenvalue weighted by Gasteiger charge is 2.21. The van der Waals surface area contributed by atoms with Crippen molar-refractivity contribution in [1.29, 1.82) is 0 Å². The van der Waals surface area contributed by atoms with E-state index in [0.717, 1.165) is 57.5 Å². The molecule has 0 radical (unpaired) electrons. The van der Waals surface area contributed by atoms with Gasteiger partial charge in [0, 0.05) is 22.7 Å². The molecule has 0 saturated carbocycles. The maximum Gasteiger partial charge on any atom is 0.193 e. The van der Waals surface area contributed by atoms with Crippen LogP contribution in [0, 0.1) is 5.92 Å². The molecule has 0 unspecified atom stereocenters. The summed E-state index contributed by atoms with van der Waals surface area (Å²) in [5, 5.41) is 10.7. The number of ketones is 1. The van der Waals surface area contributed by atoms with Crippen molar-refractivity contribution in [3.8, 4) is 5.75 Å². The highest BCUT2D eigenvalue weighted by atomic mass is 35.5. The molecule has 3 rings (SSSR count). The van der Waals surface area contributed by atoms with Crippen LogP contribution in [0.25, 0.3) is 0 Å². The van der Waals surface area contributed by atoms with Gasteiger partial charge in [-0.1, -0.05) is 43.5 Å². The molecule has 4 nitrogen and oxygen atoms in total. The fourth-order valence-electron chi connectivity index (χ4n) is 3.87. The monoisotopic (exact) mass is 429 g/mol. The van der Waals surface area contributed by atoms with Crippen molar-refractivity contribution in [3.05, 3.63) is 64.7 Å². The van der Waals surface area contributed by atoms with E-state index >= 15 is 0 Å². The number of halogens is 1. The third kappa shape index (κ3) is 6.83. The SMILES string of the molecule is CCCC[C@H](O)CN1CCC(COc2cccc(C(=O)c3ccc(Cl)cc3)c2)CC1. The zero-order valence-corrected chi connectivity index (χ0v) is 18.5. The number of likely N-dealkylation sites (tertiary alicyclic amines) is 1. The maximum absolute atomic E-state index is 12.7. The maximum atomic E-state index is 12.7. The van der Waals surface area contributed by atoms with Gasteiger partial charge in [0.05, 0.1) is 12.7 Å². The van der Waals surface area contributed by atoms with Crippen LogP contribution < -0.4 is 4.74 Å². The molecule has 1 heterocycles. The number of piperidine rings is 1. The number of unbranched alkanes of at least 4 members (excludes halogenated alkanes) is 1. The average molecular weight is 430 g/mol. The van der Waals surface area contributed by atoms with Gasteiger partial charge in [0.1, 0.15) is 5.75 Å². The summed E-state index contributed by atoms with van der Waals surface area (Å²) in [6, 6.07) is 14.3. The smallest absolute Gasteiger partial charge is 0.193 e. The largest absolute Gasteiger partial charge is 0.493 e. The fraction of sp³-hybridized carbons (Fsp3) is 0.480. The fourth-order valence-corrected chi connectivity index (χ4v) is 4.00. The molecule has 2 aromatic rings. The summed E-state index contributed by atoms with van der Waals surface area (Å²) in [4.78, 5) is 15.0. The summed E-state index contributed by atoms with van der Waals surface area (Å²) in [6.45, 7) is 5.60. The molecule has 1 aliphatic heterocycles. The predicted octanol–water partition coefficient (Wildman–Crippen LogP) is 5.21. The van der Waals surface area contributed by atoms with Crippen molar-refractivity contribution in [2.75, 3.05) is 26.2 Å². The minimum atomic E-state index is -0.210. The summed E-state index contributed by atoms with van der Waals surface area (Å²) in [5.41, 5.74) is 1.23. The summed E-state index contributed by atoms with van der Waals surface area (Å²) in [5.74, 6) is 1.20. The Hall–Kier alpha value is -1.88. The molecule has 1 saturated heterocycles. The zero-order chi connectivity index (χ0) is 21.3. The summed E-state index contributed by atoms with van der Waals surface area (Å²) < 4.78 is 6.02. The molecule has 5 heteroatoms. The van der Waals surface area contributed by atoms with Crippen molar-refractivity contribution in [2.45, 2.75) is 45.1 Å². The Morgan fingerprint density at radius 3 is 2.60 bits per heavy atom. The van der Waals surface area contributed by atoms with E-state index < -0.39 is 0 Å². The second kappa shape index (κ2) is 11.5. The van der Waals surface area contributed by atoms with Crippen LogP contribution in [-0.2, 0) is 0 Å². The van der Waals surface area contributed by atoms with E-state index in [1.54, 1.807) is 24.3 Å². The number of nitrogens with zero attached hydrogens (tertiary/aromatic N) is 1. The predicted molar refractivity (Wildman–Crippen MR) is 122 cm³/mol. The molecular formula is C25H32ClNO3.